The van der Waals surface area contributed by atoms with Crippen LogP contribution in [0.1, 0.15) is 52.5 Å². The first-order valence-electron chi connectivity index (χ1n) is 9.97. The first-order valence-corrected chi connectivity index (χ1v) is 9.97. The lowest BCUT2D eigenvalue weighted by atomic mass is 10.0. The normalized spacial score (nSPS) is 13.2. The molecular weight excluding hydrogens is 372 g/mol. The lowest BCUT2D eigenvalue weighted by Crippen LogP contribution is -2.54. The van der Waals surface area contributed by atoms with Gasteiger partial charge in [-0.15, -0.1) is 0 Å². The average molecular weight is 407 g/mol. The molecule has 1 aromatic rings. The van der Waals surface area contributed by atoms with E-state index in [0.717, 1.165) is 18.4 Å². The van der Waals surface area contributed by atoms with Crippen molar-refractivity contribution >= 4 is 18.0 Å². The van der Waals surface area contributed by atoms with Gasteiger partial charge in [-0.05, 0) is 32.8 Å². The van der Waals surface area contributed by atoms with Crippen molar-refractivity contribution < 1.29 is 23.9 Å². The Morgan fingerprint density at radius 1 is 1.14 bits per heavy atom. The van der Waals surface area contributed by atoms with Crippen LogP contribution in [0.2, 0.25) is 0 Å². The number of amides is 2. The second kappa shape index (κ2) is 11.4. The summed E-state index contributed by atoms with van der Waals surface area (Å²) in [6.45, 7) is 7.28. The van der Waals surface area contributed by atoms with Crippen LogP contribution in [0, 0.1) is 0 Å². The van der Waals surface area contributed by atoms with Crippen LogP contribution in [0.25, 0.3) is 0 Å². The van der Waals surface area contributed by atoms with Gasteiger partial charge in [0.15, 0.2) is 0 Å². The SMILES string of the molecule is CCCC[C@@H](C(=O)OC)N(C)C(=O)[C@H](Cc1ccccc1)NC(=O)OC(C)(C)C. The van der Waals surface area contributed by atoms with Crippen LogP contribution in [-0.2, 0) is 25.5 Å². The van der Waals surface area contributed by atoms with E-state index in [1.165, 1.54) is 12.0 Å². The van der Waals surface area contributed by atoms with Gasteiger partial charge in [-0.2, -0.15) is 0 Å². The second-order valence-corrected chi connectivity index (χ2v) is 8.02. The van der Waals surface area contributed by atoms with E-state index in [4.69, 9.17) is 9.47 Å². The predicted molar refractivity (Wildman–Crippen MR) is 111 cm³/mol. The van der Waals surface area contributed by atoms with Crippen molar-refractivity contribution in [2.24, 2.45) is 0 Å². The molecule has 1 aromatic carbocycles. The Hall–Kier alpha value is -2.57. The molecule has 0 saturated carbocycles. The Morgan fingerprint density at radius 3 is 2.28 bits per heavy atom. The molecule has 1 N–H and O–H groups in total. The summed E-state index contributed by atoms with van der Waals surface area (Å²) < 4.78 is 10.2. The summed E-state index contributed by atoms with van der Waals surface area (Å²) in [5, 5.41) is 2.67. The number of nitrogens with one attached hydrogen (secondary N) is 1. The molecule has 162 valence electrons. The molecule has 29 heavy (non-hydrogen) atoms. The third-order valence-electron chi connectivity index (χ3n) is 4.39. The Kier molecular flexibility index (Phi) is 9.65. The minimum Gasteiger partial charge on any atom is -0.467 e. The van der Waals surface area contributed by atoms with Gasteiger partial charge < -0.3 is 19.7 Å². The first kappa shape index (κ1) is 24.5. The van der Waals surface area contributed by atoms with Crippen molar-refractivity contribution in [2.45, 2.75) is 71.1 Å². The summed E-state index contributed by atoms with van der Waals surface area (Å²) in [6.07, 6.45) is 1.77. The summed E-state index contributed by atoms with van der Waals surface area (Å²) in [4.78, 5) is 39.1. The monoisotopic (exact) mass is 406 g/mol. The van der Waals surface area contributed by atoms with Crippen molar-refractivity contribution in [1.82, 2.24) is 10.2 Å². The molecule has 0 aliphatic rings. The van der Waals surface area contributed by atoms with Gasteiger partial charge in [-0.25, -0.2) is 9.59 Å². The molecule has 0 heterocycles. The van der Waals surface area contributed by atoms with E-state index in [-0.39, 0.29) is 12.3 Å². The Labute approximate surface area is 173 Å². The maximum absolute atomic E-state index is 13.2. The fraction of sp³-hybridized carbons (Fsp3) is 0.591. The molecule has 7 nitrogen and oxygen atoms in total. The van der Waals surface area contributed by atoms with E-state index in [2.05, 4.69) is 5.32 Å². The average Bonchev–Trinajstić information content (AvgIpc) is 2.66. The fourth-order valence-electron chi connectivity index (χ4n) is 2.90. The molecule has 7 heteroatoms. The molecule has 0 saturated heterocycles. The molecule has 0 unspecified atom stereocenters. The molecule has 0 aromatic heterocycles. The summed E-state index contributed by atoms with van der Waals surface area (Å²) in [6, 6.07) is 7.81. The third kappa shape index (κ3) is 8.54. The van der Waals surface area contributed by atoms with E-state index in [1.54, 1.807) is 27.8 Å². The maximum atomic E-state index is 13.2. The second-order valence-electron chi connectivity index (χ2n) is 8.02. The van der Waals surface area contributed by atoms with E-state index >= 15 is 0 Å². The zero-order valence-corrected chi connectivity index (χ0v) is 18.4. The fourth-order valence-corrected chi connectivity index (χ4v) is 2.90. The van der Waals surface area contributed by atoms with Gasteiger partial charge in [0, 0.05) is 13.5 Å². The van der Waals surface area contributed by atoms with Crippen LogP contribution in [0.5, 0.6) is 0 Å². The first-order chi connectivity index (χ1) is 13.6. The van der Waals surface area contributed by atoms with E-state index in [9.17, 15) is 14.4 Å². The topological polar surface area (TPSA) is 84.9 Å². The van der Waals surface area contributed by atoms with Gasteiger partial charge in [0.25, 0.3) is 0 Å². The third-order valence-corrected chi connectivity index (χ3v) is 4.39. The highest BCUT2D eigenvalue weighted by atomic mass is 16.6. The minimum absolute atomic E-state index is 0.283. The van der Waals surface area contributed by atoms with Crippen LogP contribution in [0.4, 0.5) is 4.79 Å². The maximum Gasteiger partial charge on any atom is 0.408 e. The lowest BCUT2D eigenvalue weighted by Gasteiger charge is -2.30. The van der Waals surface area contributed by atoms with Gasteiger partial charge in [0.2, 0.25) is 5.91 Å². The summed E-state index contributed by atoms with van der Waals surface area (Å²) >= 11 is 0. The van der Waals surface area contributed by atoms with Crippen molar-refractivity contribution in [3.8, 4) is 0 Å². The molecule has 0 fully saturated rings. The minimum atomic E-state index is -0.869. The Morgan fingerprint density at radius 2 is 1.76 bits per heavy atom. The summed E-state index contributed by atoms with van der Waals surface area (Å²) in [5.74, 6) is -0.837. The van der Waals surface area contributed by atoms with Gasteiger partial charge in [0.05, 0.1) is 7.11 Å². The number of ether oxygens (including phenoxy) is 2. The molecule has 0 aliphatic heterocycles. The lowest BCUT2D eigenvalue weighted by molar-refractivity contribution is -0.152. The predicted octanol–water partition coefficient (Wildman–Crippen LogP) is 3.31. The van der Waals surface area contributed by atoms with Crippen LogP contribution in [-0.4, -0.2) is 54.7 Å². The zero-order chi connectivity index (χ0) is 22.0. The van der Waals surface area contributed by atoms with Crippen molar-refractivity contribution in [3.05, 3.63) is 35.9 Å². The van der Waals surface area contributed by atoms with Gasteiger partial charge in [-0.1, -0.05) is 50.1 Å². The highest BCUT2D eigenvalue weighted by molar-refractivity contribution is 5.89. The largest absolute Gasteiger partial charge is 0.467 e. The number of hydrogen-bond acceptors (Lipinski definition) is 5. The Balaban J connectivity index is 3.05. The van der Waals surface area contributed by atoms with E-state index in [0.29, 0.717) is 6.42 Å². The van der Waals surface area contributed by atoms with Crippen LogP contribution >= 0.6 is 0 Å². The number of alkyl carbamates (subject to hydrolysis) is 1. The smallest absolute Gasteiger partial charge is 0.408 e. The number of carbonyl (C=O) groups is 3. The number of unbranched alkanes of at least 4 members (excludes halogenated alkanes) is 1. The number of methoxy groups -OCH3 is 1. The highest BCUT2D eigenvalue weighted by Gasteiger charge is 2.33. The molecular formula is C22H34N2O5. The number of esters is 1. The van der Waals surface area contributed by atoms with Crippen LogP contribution < -0.4 is 5.32 Å². The summed E-state index contributed by atoms with van der Waals surface area (Å²) in [5.41, 5.74) is 0.199. The number of benzene rings is 1. The molecule has 2 atom stereocenters. The van der Waals surface area contributed by atoms with E-state index < -0.39 is 29.7 Å². The van der Waals surface area contributed by atoms with Crippen molar-refractivity contribution in [2.75, 3.05) is 14.2 Å². The number of carbonyl (C=O) groups excluding carboxylic acids is 3. The number of rotatable bonds is 9. The molecule has 0 aliphatic carbocycles. The summed E-state index contributed by atoms with van der Waals surface area (Å²) in [7, 11) is 2.87. The molecule has 0 bridgehead atoms. The Bertz CT molecular complexity index is 670. The molecule has 0 spiro atoms. The van der Waals surface area contributed by atoms with Gasteiger partial charge in [0.1, 0.15) is 17.7 Å². The quantitative estimate of drug-likeness (QED) is 0.636. The van der Waals surface area contributed by atoms with Gasteiger partial charge >= 0.3 is 12.1 Å². The zero-order valence-electron chi connectivity index (χ0n) is 18.4. The molecule has 1 rings (SSSR count). The number of likely N-dealkylation sites (N-methyl/N-ethyl adjacent to an activating group) is 1. The number of hydrogen-bond donors (Lipinski definition) is 1. The number of nitrogens with zero attached hydrogens (tertiary/aromatic N) is 1. The van der Waals surface area contributed by atoms with Crippen molar-refractivity contribution in [3.63, 3.8) is 0 Å². The van der Waals surface area contributed by atoms with Crippen molar-refractivity contribution in [1.29, 1.82) is 0 Å². The van der Waals surface area contributed by atoms with Gasteiger partial charge in [-0.3, -0.25) is 4.79 Å². The molecule has 2 amide bonds. The van der Waals surface area contributed by atoms with Crippen LogP contribution in [0.15, 0.2) is 30.3 Å². The van der Waals surface area contributed by atoms with E-state index in [1.807, 2.05) is 37.3 Å². The molecule has 0 radical (unpaired) electrons. The highest BCUT2D eigenvalue weighted by Crippen LogP contribution is 2.14. The van der Waals surface area contributed by atoms with Crippen LogP contribution in [0.3, 0.4) is 0 Å². The standard InChI is InChI=1S/C22H34N2O5/c1-7-8-14-18(20(26)28-6)24(5)19(25)17(15-16-12-10-9-11-13-16)23-21(27)29-22(2,3)4/h9-13,17-18H,7-8,14-15H2,1-6H3,(H,23,27)/t17-,18-/m0/s1.